The minimum absolute atomic E-state index is 0.0253. The first-order chi connectivity index (χ1) is 11.6. The van der Waals surface area contributed by atoms with Crippen LogP contribution in [0, 0.1) is 5.92 Å². The van der Waals surface area contributed by atoms with Gasteiger partial charge in [0.1, 0.15) is 11.5 Å². The van der Waals surface area contributed by atoms with Crippen LogP contribution in [0.15, 0.2) is 42.5 Å². The van der Waals surface area contributed by atoms with E-state index in [-0.39, 0.29) is 11.5 Å². The number of aliphatic hydroxyl groups excluding tert-OH is 1. The molecule has 0 amide bonds. The van der Waals surface area contributed by atoms with Gasteiger partial charge in [0.15, 0.2) is 0 Å². The molecule has 1 fully saturated rings. The number of aliphatic hydroxyl groups is 1. The topological polar surface area (TPSA) is 60.7 Å². The SMILES string of the molecule is Oc1ccc(C[C@@]23CCC(O)CC2CCc2cc(O)ccc23)cc1. The zero-order valence-electron chi connectivity index (χ0n) is 13.8. The van der Waals surface area contributed by atoms with Crippen molar-refractivity contribution in [3.63, 3.8) is 0 Å². The third-order valence-corrected chi connectivity index (χ3v) is 6.11. The van der Waals surface area contributed by atoms with E-state index in [0.29, 0.717) is 17.4 Å². The Morgan fingerprint density at radius 1 is 0.958 bits per heavy atom. The molecule has 2 aromatic rings. The second kappa shape index (κ2) is 5.82. The van der Waals surface area contributed by atoms with Crippen LogP contribution in [-0.4, -0.2) is 21.4 Å². The van der Waals surface area contributed by atoms with Crippen LogP contribution in [0.4, 0.5) is 0 Å². The molecule has 126 valence electrons. The van der Waals surface area contributed by atoms with E-state index in [1.807, 2.05) is 18.2 Å². The Labute approximate surface area is 142 Å². The lowest BCUT2D eigenvalue weighted by Gasteiger charge is -2.50. The molecule has 3 heteroatoms. The normalized spacial score (nSPS) is 28.9. The van der Waals surface area contributed by atoms with Gasteiger partial charge in [-0.15, -0.1) is 0 Å². The van der Waals surface area contributed by atoms with Gasteiger partial charge in [-0.25, -0.2) is 0 Å². The number of aromatic hydroxyl groups is 2. The van der Waals surface area contributed by atoms with E-state index in [1.165, 1.54) is 16.7 Å². The molecule has 0 saturated heterocycles. The van der Waals surface area contributed by atoms with Crippen molar-refractivity contribution in [3.8, 4) is 11.5 Å². The van der Waals surface area contributed by atoms with Crippen molar-refractivity contribution in [1.82, 2.24) is 0 Å². The van der Waals surface area contributed by atoms with Crippen molar-refractivity contribution in [3.05, 3.63) is 59.2 Å². The van der Waals surface area contributed by atoms with Gasteiger partial charge in [0.05, 0.1) is 6.10 Å². The molecule has 0 bridgehead atoms. The quantitative estimate of drug-likeness (QED) is 0.789. The number of phenols is 2. The molecule has 0 spiro atoms. The fourth-order valence-electron chi connectivity index (χ4n) is 4.96. The number of hydrogen-bond donors (Lipinski definition) is 3. The lowest BCUT2D eigenvalue weighted by Crippen LogP contribution is -2.46. The Morgan fingerprint density at radius 3 is 2.50 bits per heavy atom. The summed E-state index contributed by atoms with van der Waals surface area (Å²) in [6.07, 6.45) is 5.42. The lowest BCUT2D eigenvalue weighted by molar-refractivity contribution is 0.0405. The fourth-order valence-corrected chi connectivity index (χ4v) is 4.96. The van der Waals surface area contributed by atoms with Crippen LogP contribution in [-0.2, 0) is 18.3 Å². The van der Waals surface area contributed by atoms with Crippen molar-refractivity contribution in [1.29, 1.82) is 0 Å². The summed E-state index contributed by atoms with van der Waals surface area (Å²) in [6, 6.07) is 13.3. The van der Waals surface area contributed by atoms with Gasteiger partial charge in [0.25, 0.3) is 0 Å². The van der Waals surface area contributed by atoms with Gasteiger partial charge in [0.2, 0.25) is 0 Å². The van der Waals surface area contributed by atoms with E-state index >= 15 is 0 Å². The van der Waals surface area contributed by atoms with Crippen LogP contribution in [0.1, 0.15) is 42.4 Å². The largest absolute Gasteiger partial charge is 0.508 e. The van der Waals surface area contributed by atoms with Crippen LogP contribution in [0.25, 0.3) is 0 Å². The lowest BCUT2D eigenvalue weighted by atomic mass is 9.54. The van der Waals surface area contributed by atoms with Crippen LogP contribution >= 0.6 is 0 Å². The van der Waals surface area contributed by atoms with Gasteiger partial charge >= 0.3 is 0 Å². The van der Waals surface area contributed by atoms with Gasteiger partial charge in [-0.3, -0.25) is 0 Å². The van der Waals surface area contributed by atoms with E-state index in [0.717, 1.165) is 38.5 Å². The van der Waals surface area contributed by atoms with Crippen LogP contribution in [0.5, 0.6) is 11.5 Å². The zero-order chi connectivity index (χ0) is 16.7. The Bertz CT molecular complexity index is 737. The second-order valence-electron chi connectivity index (χ2n) is 7.50. The summed E-state index contributed by atoms with van der Waals surface area (Å²) < 4.78 is 0. The van der Waals surface area contributed by atoms with Crippen molar-refractivity contribution in [2.24, 2.45) is 5.92 Å². The van der Waals surface area contributed by atoms with Crippen molar-refractivity contribution < 1.29 is 15.3 Å². The van der Waals surface area contributed by atoms with Crippen molar-refractivity contribution in [2.75, 3.05) is 0 Å². The first-order valence-corrected chi connectivity index (χ1v) is 8.85. The maximum atomic E-state index is 10.2. The van der Waals surface area contributed by atoms with Crippen molar-refractivity contribution in [2.45, 2.75) is 50.0 Å². The molecule has 2 unspecified atom stereocenters. The van der Waals surface area contributed by atoms with Gasteiger partial charge in [-0.1, -0.05) is 18.2 Å². The maximum absolute atomic E-state index is 10.2. The average Bonchev–Trinajstić information content (AvgIpc) is 2.57. The summed E-state index contributed by atoms with van der Waals surface area (Å²) in [5.41, 5.74) is 3.84. The highest BCUT2D eigenvalue weighted by Gasteiger charge is 2.47. The molecule has 2 aliphatic carbocycles. The highest BCUT2D eigenvalue weighted by atomic mass is 16.3. The van der Waals surface area contributed by atoms with Gasteiger partial charge in [0, 0.05) is 5.41 Å². The third kappa shape index (κ3) is 2.57. The first-order valence-electron chi connectivity index (χ1n) is 8.85. The highest BCUT2D eigenvalue weighted by molar-refractivity contribution is 5.44. The fraction of sp³-hybridized carbons (Fsp3) is 0.429. The Balaban J connectivity index is 1.79. The summed E-state index contributed by atoms with van der Waals surface area (Å²) in [4.78, 5) is 0. The first kappa shape index (κ1) is 15.5. The van der Waals surface area contributed by atoms with Crippen LogP contribution in [0.3, 0.4) is 0 Å². The summed E-state index contributed by atoms with van der Waals surface area (Å²) >= 11 is 0. The molecule has 3 atom stereocenters. The molecule has 0 heterocycles. The molecule has 0 radical (unpaired) electrons. The smallest absolute Gasteiger partial charge is 0.115 e. The van der Waals surface area contributed by atoms with Gasteiger partial charge in [-0.05, 0) is 85.4 Å². The number of fused-ring (bicyclic) bond motifs is 3. The average molecular weight is 324 g/mol. The standard InChI is InChI=1S/C21H24O3/c22-17-5-1-14(2-6-17)13-21-10-9-19(24)12-16(21)4-3-15-11-18(23)7-8-20(15)21/h1-2,5-8,11,16,19,22-24H,3-4,9-10,12-13H2/t16?,19?,21-/m0/s1. The van der Waals surface area contributed by atoms with E-state index in [9.17, 15) is 15.3 Å². The summed E-state index contributed by atoms with van der Waals surface area (Å²) in [6.45, 7) is 0. The third-order valence-electron chi connectivity index (χ3n) is 6.11. The monoisotopic (exact) mass is 324 g/mol. The molecule has 0 aromatic heterocycles. The predicted molar refractivity (Wildman–Crippen MR) is 93.3 cm³/mol. The maximum Gasteiger partial charge on any atom is 0.115 e. The number of hydrogen-bond acceptors (Lipinski definition) is 3. The Morgan fingerprint density at radius 2 is 1.71 bits per heavy atom. The summed E-state index contributed by atoms with van der Waals surface area (Å²) in [5, 5.41) is 29.6. The Hall–Kier alpha value is -2.00. The number of aryl methyl sites for hydroxylation is 1. The predicted octanol–water partition coefficient (Wildman–Crippen LogP) is 3.69. The Kier molecular flexibility index (Phi) is 3.76. The number of benzene rings is 2. The minimum atomic E-state index is -0.193. The van der Waals surface area contributed by atoms with E-state index in [2.05, 4.69) is 6.07 Å². The highest BCUT2D eigenvalue weighted by Crippen LogP contribution is 2.52. The van der Waals surface area contributed by atoms with Crippen LogP contribution in [0.2, 0.25) is 0 Å². The number of phenolic OH excluding ortho intramolecular Hbond substituents is 2. The molecule has 3 nitrogen and oxygen atoms in total. The molecule has 1 saturated carbocycles. The minimum Gasteiger partial charge on any atom is -0.508 e. The molecule has 4 rings (SSSR count). The van der Waals surface area contributed by atoms with E-state index in [1.54, 1.807) is 18.2 Å². The molecule has 3 N–H and O–H groups in total. The van der Waals surface area contributed by atoms with Gasteiger partial charge < -0.3 is 15.3 Å². The second-order valence-corrected chi connectivity index (χ2v) is 7.50. The van der Waals surface area contributed by atoms with Crippen molar-refractivity contribution >= 4 is 0 Å². The molecule has 0 aliphatic heterocycles. The zero-order valence-corrected chi connectivity index (χ0v) is 13.8. The van der Waals surface area contributed by atoms with E-state index < -0.39 is 0 Å². The molecular formula is C21H24O3. The summed E-state index contributed by atoms with van der Waals surface area (Å²) in [7, 11) is 0. The number of rotatable bonds is 2. The van der Waals surface area contributed by atoms with Crippen LogP contribution < -0.4 is 0 Å². The molecule has 24 heavy (non-hydrogen) atoms. The molecule has 2 aliphatic rings. The summed E-state index contributed by atoms with van der Waals surface area (Å²) in [5.74, 6) is 1.09. The molecular weight excluding hydrogens is 300 g/mol. The molecule has 2 aromatic carbocycles. The van der Waals surface area contributed by atoms with Gasteiger partial charge in [-0.2, -0.15) is 0 Å². The van der Waals surface area contributed by atoms with E-state index in [4.69, 9.17) is 0 Å².